The second kappa shape index (κ2) is 5.46. The number of nitrogens with zero attached hydrogens (tertiary/aromatic N) is 1. The van der Waals surface area contributed by atoms with E-state index in [0.717, 1.165) is 3.57 Å². The molecule has 16 heavy (non-hydrogen) atoms. The average Bonchev–Trinajstić information content (AvgIpc) is 2.18. The van der Waals surface area contributed by atoms with Crippen LogP contribution >= 0.6 is 22.6 Å². The summed E-state index contributed by atoms with van der Waals surface area (Å²) in [6, 6.07) is 3.24. The van der Waals surface area contributed by atoms with E-state index in [0.29, 0.717) is 0 Å². The third kappa shape index (κ3) is 5.29. The SMILES string of the molecule is O=C(CCC(F)(F)F)Nc1ccc(I)cn1. The molecule has 0 atom stereocenters. The highest BCUT2D eigenvalue weighted by molar-refractivity contribution is 14.1. The second-order valence-electron chi connectivity index (χ2n) is 3.03. The molecule has 1 aromatic heterocycles. The van der Waals surface area contributed by atoms with Crippen molar-refractivity contribution in [3.8, 4) is 0 Å². The van der Waals surface area contributed by atoms with Gasteiger partial charge in [-0.1, -0.05) is 0 Å². The van der Waals surface area contributed by atoms with Gasteiger partial charge >= 0.3 is 6.18 Å². The maximum Gasteiger partial charge on any atom is 0.389 e. The summed E-state index contributed by atoms with van der Waals surface area (Å²) in [5, 5.41) is 2.29. The lowest BCUT2D eigenvalue weighted by molar-refractivity contribution is -0.142. The first kappa shape index (κ1) is 13.2. The zero-order valence-corrected chi connectivity index (χ0v) is 10.2. The van der Waals surface area contributed by atoms with Crippen LogP contribution in [0.15, 0.2) is 18.3 Å². The van der Waals surface area contributed by atoms with Crippen molar-refractivity contribution in [2.45, 2.75) is 19.0 Å². The number of carbonyl (C=O) groups excluding carboxylic acids is 1. The van der Waals surface area contributed by atoms with Gasteiger partial charge in [0.05, 0.1) is 6.42 Å². The van der Waals surface area contributed by atoms with Gasteiger partial charge in [0, 0.05) is 16.2 Å². The number of rotatable bonds is 3. The largest absolute Gasteiger partial charge is 0.389 e. The number of anilines is 1. The normalized spacial score (nSPS) is 11.2. The molecule has 0 unspecified atom stereocenters. The molecule has 0 bridgehead atoms. The van der Waals surface area contributed by atoms with Crippen LogP contribution in [-0.2, 0) is 4.79 Å². The van der Waals surface area contributed by atoms with Crippen molar-refractivity contribution >= 4 is 34.3 Å². The molecular weight excluding hydrogens is 336 g/mol. The molecule has 1 rings (SSSR count). The Morgan fingerprint density at radius 3 is 2.62 bits per heavy atom. The number of hydrogen-bond acceptors (Lipinski definition) is 2. The summed E-state index contributed by atoms with van der Waals surface area (Å²) in [5.41, 5.74) is 0. The number of alkyl halides is 3. The van der Waals surface area contributed by atoms with Crippen molar-refractivity contribution in [3.05, 3.63) is 21.9 Å². The minimum Gasteiger partial charge on any atom is -0.311 e. The van der Waals surface area contributed by atoms with Crippen LogP contribution in [0.2, 0.25) is 0 Å². The Balaban J connectivity index is 2.43. The van der Waals surface area contributed by atoms with Crippen LogP contribution in [0, 0.1) is 3.57 Å². The monoisotopic (exact) mass is 344 g/mol. The highest BCUT2D eigenvalue weighted by Gasteiger charge is 2.27. The van der Waals surface area contributed by atoms with Gasteiger partial charge in [0.15, 0.2) is 0 Å². The van der Waals surface area contributed by atoms with Crippen LogP contribution in [0.5, 0.6) is 0 Å². The van der Waals surface area contributed by atoms with Crippen LogP contribution in [-0.4, -0.2) is 17.1 Å². The minimum atomic E-state index is -4.31. The molecule has 1 amide bonds. The Labute approximate surface area is 104 Å². The number of halogens is 4. The van der Waals surface area contributed by atoms with E-state index in [1.807, 2.05) is 22.6 Å². The second-order valence-corrected chi connectivity index (χ2v) is 4.27. The van der Waals surface area contributed by atoms with Gasteiger partial charge in [0.1, 0.15) is 5.82 Å². The van der Waals surface area contributed by atoms with Crippen molar-refractivity contribution in [2.75, 3.05) is 5.32 Å². The van der Waals surface area contributed by atoms with Crippen molar-refractivity contribution in [1.82, 2.24) is 4.98 Å². The van der Waals surface area contributed by atoms with E-state index in [1.54, 1.807) is 6.07 Å². The predicted molar refractivity (Wildman–Crippen MR) is 60.9 cm³/mol. The van der Waals surface area contributed by atoms with Gasteiger partial charge in [0.25, 0.3) is 0 Å². The molecule has 1 aromatic rings. The molecule has 0 aliphatic rings. The summed E-state index contributed by atoms with van der Waals surface area (Å²) in [4.78, 5) is 14.9. The van der Waals surface area contributed by atoms with Crippen LogP contribution in [0.4, 0.5) is 19.0 Å². The molecule has 1 N–H and O–H groups in total. The van der Waals surface area contributed by atoms with Gasteiger partial charge < -0.3 is 5.32 Å². The van der Waals surface area contributed by atoms with E-state index in [4.69, 9.17) is 0 Å². The maximum atomic E-state index is 11.8. The minimum absolute atomic E-state index is 0.257. The highest BCUT2D eigenvalue weighted by atomic mass is 127. The number of pyridine rings is 1. The van der Waals surface area contributed by atoms with Crippen LogP contribution in [0.3, 0.4) is 0 Å². The van der Waals surface area contributed by atoms with Crippen molar-refractivity contribution in [2.24, 2.45) is 0 Å². The van der Waals surface area contributed by atoms with Gasteiger partial charge in [-0.3, -0.25) is 4.79 Å². The lowest BCUT2D eigenvalue weighted by Crippen LogP contribution is -2.17. The molecule has 3 nitrogen and oxygen atoms in total. The third-order valence-electron chi connectivity index (χ3n) is 1.63. The lowest BCUT2D eigenvalue weighted by atomic mass is 10.3. The van der Waals surface area contributed by atoms with E-state index in [1.165, 1.54) is 12.3 Å². The van der Waals surface area contributed by atoms with E-state index >= 15 is 0 Å². The molecule has 1 heterocycles. The Hall–Kier alpha value is -0.860. The first-order chi connectivity index (χ1) is 7.37. The van der Waals surface area contributed by atoms with Gasteiger partial charge in [0.2, 0.25) is 5.91 Å². The van der Waals surface area contributed by atoms with Crippen molar-refractivity contribution in [1.29, 1.82) is 0 Å². The summed E-state index contributed by atoms with van der Waals surface area (Å²) in [6.07, 6.45) is -4.50. The number of nitrogens with one attached hydrogen (secondary N) is 1. The van der Waals surface area contributed by atoms with Gasteiger partial charge in [-0.2, -0.15) is 13.2 Å². The predicted octanol–water partition coefficient (Wildman–Crippen LogP) is 2.97. The maximum absolute atomic E-state index is 11.8. The fraction of sp³-hybridized carbons (Fsp3) is 0.333. The van der Waals surface area contributed by atoms with E-state index in [-0.39, 0.29) is 5.82 Å². The first-order valence-electron chi connectivity index (χ1n) is 4.35. The van der Waals surface area contributed by atoms with Crippen LogP contribution in [0.1, 0.15) is 12.8 Å². The molecule has 88 valence electrons. The van der Waals surface area contributed by atoms with Gasteiger partial charge in [-0.25, -0.2) is 4.98 Å². The summed E-state index contributed by atoms with van der Waals surface area (Å²) < 4.78 is 36.3. The fourth-order valence-electron chi connectivity index (χ4n) is 0.910. The topological polar surface area (TPSA) is 42.0 Å². The molecule has 0 aliphatic heterocycles. The lowest BCUT2D eigenvalue weighted by Gasteiger charge is -2.06. The summed E-state index contributed by atoms with van der Waals surface area (Å²) in [7, 11) is 0. The van der Waals surface area contributed by atoms with Crippen LogP contribution < -0.4 is 5.32 Å². The molecule has 0 aliphatic carbocycles. The van der Waals surface area contributed by atoms with Crippen molar-refractivity contribution < 1.29 is 18.0 Å². The molecule has 0 radical (unpaired) electrons. The number of aromatic nitrogens is 1. The van der Waals surface area contributed by atoms with E-state index in [2.05, 4.69) is 10.3 Å². The Morgan fingerprint density at radius 1 is 1.44 bits per heavy atom. The summed E-state index contributed by atoms with van der Waals surface area (Å²) >= 11 is 2.03. The quantitative estimate of drug-likeness (QED) is 0.857. The zero-order valence-electron chi connectivity index (χ0n) is 8.01. The molecule has 0 aromatic carbocycles. The molecule has 0 spiro atoms. The summed E-state index contributed by atoms with van der Waals surface area (Å²) in [5.74, 6) is -0.432. The van der Waals surface area contributed by atoms with Crippen molar-refractivity contribution in [3.63, 3.8) is 0 Å². The van der Waals surface area contributed by atoms with Crippen LogP contribution in [0.25, 0.3) is 0 Å². The first-order valence-corrected chi connectivity index (χ1v) is 5.43. The van der Waals surface area contributed by atoms with Gasteiger partial charge in [-0.05, 0) is 34.7 Å². The molecule has 0 saturated heterocycles. The number of carbonyl (C=O) groups is 1. The highest BCUT2D eigenvalue weighted by Crippen LogP contribution is 2.21. The number of hydrogen-bond donors (Lipinski definition) is 1. The number of amides is 1. The molecular formula is C9H8F3IN2O. The Kier molecular flexibility index (Phi) is 4.51. The van der Waals surface area contributed by atoms with Gasteiger partial charge in [-0.15, -0.1) is 0 Å². The smallest absolute Gasteiger partial charge is 0.311 e. The fourth-order valence-corrected chi connectivity index (χ4v) is 1.23. The standard InChI is InChI=1S/C9H8F3IN2O/c10-9(11,12)4-3-8(16)15-7-2-1-6(13)5-14-7/h1-2,5H,3-4H2,(H,14,15,16). The van der Waals surface area contributed by atoms with E-state index < -0.39 is 24.9 Å². The summed E-state index contributed by atoms with van der Waals surface area (Å²) in [6.45, 7) is 0. The molecule has 0 fully saturated rings. The average molecular weight is 344 g/mol. The Morgan fingerprint density at radius 2 is 2.12 bits per heavy atom. The third-order valence-corrected chi connectivity index (χ3v) is 2.27. The van der Waals surface area contributed by atoms with E-state index in [9.17, 15) is 18.0 Å². The molecule has 7 heteroatoms. The zero-order chi connectivity index (χ0) is 12.2. The Bertz CT molecular complexity index is 364. The molecule has 0 saturated carbocycles.